The average Bonchev–Trinajstić information content (AvgIpc) is 3.15. The van der Waals surface area contributed by atoms with Crippen molar-refractivity contribution in [2.24, 2.45) is 0 Å². The SMILES string of the molecule is CN1C(=O)CCc2ccc(C3(C(=O)O)CC3)cc21. The minimum atomic E-state index is -0.757. The summed E-state index contributed by atoms with van der Waals surface area (Å²) < 4.78 is 0. The summed E-state index contributed by atoms with van der Waals surface area (Å²) in [5, 5.41) is 9.30. The number of amides is 1. The molecule has 4 heteroatoms. The van der Waals surface area contributed by atoms with Gasteiger partial charge in [-0.1, -0.05) is 12.1 Å². The van der Waals surface area contributed by atoms with Crippen LogP contribution in [0.4, 0.5) is 5.69 Å². The molecule has 1 heterocycles. The van der Waals surface area contributed by atoms with Crippen LogP contribution in [0.1, 0.15) is 30.4 Å². The number of carboxylic acids is 1. The second-order valence-corrected chi connectivity index (χ2v) is 5.18. The fourth-order valence-corrected chi connectivity index (χ4v) is 2.68. The number of aryl methyl sites for hydroxylation is 1. The monoisotopic (exact) mass is 245 g/mol. The van der Waals surface area contributed by atoms with Crippen LogP contribution in [0.3, 0.4) is 0 Å². The standard InChI is InChI=1S/C14H15NO3/c1-15-11-8-10(14(6-7-14)13(17)18)4-2-9(11)3-5-12(15)16/h2,4,8H,3,5-7H2,1H3,(H,17,18). The molecule has 0 unspecified atom stereocenters. The Morgan fingerprint density at radius 2 is 2.06 bits per heavy atom. The van der Waals surface area contributed by atoms with Crippen molar-refractivity contribution in [3.05, 3.63) is 29.3 Å². The summed E-state index contributed by atoms with van der Waals surface area (Å²) in [7, 11) is 1.75. The number of benzene rings is 1. The predicted molar refractivity (Wildman–Crippen MR) is 66.7 cm³/mol. The van der Waals surface area contributed by atoms with E-state index in [2.05, 4.69) is 0 Å². The number of nitrogens with zero attached hydrogens (tertiary/aromatic N) is 1. The highest BCUT2D eigenvalue weighted by molar-refractivity contribution is 5.96. The first kappa shape index (κ1) is 11.3. The van der Waals surface area contributed by atoms with Gasteiger partial charge in [-0.05, 0) is 36.5 Å². The number of fused-ring (bicyclic) bond motifs is 1. The Bertz CT molecular complexity index is 546. The van der Waals surface area contributed by atoms with Crippen molar-refractivity contribution in [3.8, 4) is 0 Å². The van der Waals surface area contributed by atoms with Gasteiger partial charge in [-0.3, -0.25) is 9.59 Å². The number of aliphatic carboxylic acids is 1. The average molecular weight is 245 g/mol. The minimum absolute atomic E-state index is 0.0971. The van der Waals surface area contributed by atoms with E-state index >= 15 is 0 Å². The summed E-state index contributed by atoms with van der Waals surface area (Å²) in [5.41, 5.74) is 2.13. The Balaban J connectivity index is 2.06. The molecular weight excluding hydrogens is 230 g/mol. The van der Waals surface area contributed by atoms with E-state index in [-0.39, 0.29) is 5.91 Å². The van der Waals surface area contributed by atoms with Gasteiger partial charge in [0.2, 0.25) is 5.91 Å². The van der Waals surface area contributed by atoms with Crippen LogP contribution in [-0.2, 0) is 21.4 Å². The zero-order valence-corrected chi connectivity index (χ0v) is 10.3. The molecule has 2 aliphatic rings. The molecule has 3 rings (SSSR count). The Labute approximate surface area is 105 Å². The summed E-state index contributed by atoms with van der Waals surface area (Å²) in [4.78, 5) is 24.6. The van der Waals surface area contributed by atoms with Crippen molar-refractivity contribution < 1.29 is 14.7 Å². The van der Waals surface area contributed by atoms with Crippen LogP contribution in [-0.4, -0.2) is 24.0 Å². The van der Waals surface area contributed by atoms with Gasteiger partial charge in [0, 0.05) is 19.2 Å². The molecule has 18 heavy (non-hydrogen) atoms. The Kier molecular flexibility index (Phi) is 2.24. The topological polar surface area (TPSA) is 57.6 Å². The Morgan fingerprint density at radius 1 is 1.33 bits per heavy atom. The highest BCUT2D eigenvalue weighted by atomic mass is 16.4. The molecule has 0 bridgehead atoms. The van der Waals surface area contributed by atoms with Gasteiger partial charge in [0.1, 0.15) is 0 Å². The van der Waals surface area contributed by atoms with Crippen molar-refractivity contribution in [1.82, 2.24) is 0 Å². The quantitative estimate of drug-likeness (QED) is 0.863. The van der Waals surface area contributed by atoms with Crippen molar-refractivity contribution in [2.75, 3.05) is 11.9 Å². The third-order valence-corrected chi connectivity index (χ3v) is 4.14. The van der Waals surface area contributed by atoms with Crippen molar-refractivity contribution in [2.45, 2.75) is 31.1 Å². The van der Waals surface area contributed by atoms with Crippen LogP contribution in [0.2, 0.25) is 0 Å². The van der Waals surface area contributed by atoms with Gasteiger partial charge in [-0.2, -0.15) is 0 Å². The van der Waals surface area contributed by atoms with Gasteiger partial charge in [0.25, 0.3) is 0 Å². The van der Waals surface area contributed by atoms with E-state index in [0.29, 0.717) is 19.3 Å². The molecule has 1 aliphatic carbocycles. The summed E-state index contributed by atoms with van der Waals surface area (Å²) >= 11 is 0. The van der Waals surface area contributed by atoms with Crippen LogP contribution in [0, 0.1) is 0 Å². The van der Waals surface area contributed by atoms with E-state index in [0.717, 1.165) is 23.2 Å². The Hall–Kier alpha value is -1.84. The van der Waals surface area contributed by atoms with E-state index < -0.39 is 11.4 Å². The molecule has 1 aliphatic heterocycles. The molecule has 0 aromatic heterocycles. The van der Waals surface area contributed by atoms with E-state index in [1.807, 2.05) is 18.2 Å². The molecule has 1 amide bonds. The molecule has 1 saturated carbocycles. The number of carboxylic acid groups (broad SMARTS) is 1. The van der Waals surface area contributed by atoms with Crippen molar-refractivity contribution >= 4 is 17.6 Å². The minimum Gasteiger partial charge on any atom is -0.481 e. The predicted octanol–water partition coefficient (Wildman–Crippen LogP) is 1.71. The number of carbonyl (C=O) groups excluding carboxylic acids is 1. The lowest BCUT2D eigenvalue weighted by molar-refractivity contribution is -0.140. The summed E-state index contributed by atoms with van der Waals surface area (Å²) in [6.07, 6.45) is 2.67. The maximum atomic E-state index is 11.7. The first-order chi connectivity index (χ1) is 8.54. The molecule has 1 fully saturated rings. The van der Waals surface area contributed by atoms with E-state index in [4.69, 9.17) is 0 Å². The second-order valence-electron chi connectivity index (χ2n) is 5.18. The molecular formula is C14H15NO3. The van der Waals surface area contributed by atoms with E-state index in [9.17, 15) is 14.7 Å². The van der Waals surface area contributed by atoms with E-state index in [1.54, 1.807) is 11.9 Å². The second kappa shape index (κ2) is 3.57. The molecule has 0 saturated heterocycles. The van der Waals surface area contributed by atoms with Crippen molar-refractivity contribution in [1.29, 1.82) is 0 Å². The first-order valence-electron chi connectivity index (χ1n) is 6.18. The van der Waals surface area contributed by atoms with Gasteiger partial charge in [-0.15, -0.1) is 0 Å². The van der Waals surface area contributed by atoms with Crippen LogP contribution in [0.25, 0.3) is 0 Å². The van der Waals surface area contributed by atoms with Gasteiger partial charge < -0.3 is 10.0 Å². The smallest absolute Gasteiger partial charge is 0.314 e. The summed E-state index contributed by atoms with van der Waals surface area (Å²) in [6, 6.07) is 5.76. The van der Waals surface area contributed by atoms with E-state index in [1.165, 1.54) is 0 Å². The fraction of sp³-hybridized carbons (Fsp3) is 0.429. The zero-order valence-electron chi connectivity index (χ0n) is 10.3. The molecule has 4 nitrogen and oxygen atoms in total. The first-order valence-corrected chi connectivity index (χ1v) is 6.18. The van der Waals surface area contributed by atoms with Gasteiger partial charge in [0.05, 0.1) is 5.41 Å². The molecule has 0 atom stereocenters. The number of rotatable bonds is 2. The Morgan fingerprint density at radius 3 is 2.67 bits per heavy atom. The van der Waals surface area contributed by atoms with Gasteiger partial charge in [-0.25, -0.2) is 0 Å². The van der Waals surface area contributed by atoms with Gasteiger partial charge in [0.15, 0.2) is 0 Å². The van der Waals surface area contributed by atoms with Crippen LogP contribution in [0.15, 0.2) is 18.2 Å². The van der Waals surface area contributed by atoms with Gasteiger partial charge >= 0.3 is 5.97 Å². The summed E-state index contributed by atoms with van der Waals surface area (Å²) in [6.45, 7) is 0. The largest absolute Gasteiger partial charge is 0.481 e. The highest BCUT2D eigenvalue weighted by Gasteiger charge is 2.52. The third-order valence-electron chi connectivity index (χ3n) is 4.14. The zero-order chi connectivity index (χ0) is 12.9. The molecule has 1 aromatic rings. The number of hydrogen-bond acceptors (Lipinski definition) is 2. The lowest BCUT2D eigenvalue weighted by Gasteiger charge is -2.27. The molecule has 1 aromatic carbocycles. The van der Waals surface area contributed by atoms with Crippen LogP contribution in [0.5, 0.6) is 0 Å². The molecule has 1 N–H and O–H groups in total. The molecule has 0 spiro atoms. The highest BCUT2D eigenvalue weighted by Crippen LogP contribution is 2.49. The lowest BCUT2D eigenvalue weighted by atomic mass is 9.91. The molecule has 0 radical (unpaired) electrons. The van der Waals surface area contributed by atoms with Crippen LogP contribution >= 0.6 is 0 Å². The molecule has 94 valence electrons. The third kappa shape index (κ3) is 1.45. The maximum absolute atomic E-state index is 11.7. The number of carbonyl (C=O) groups is 2. The van der Waals surface area contributed by atoms with Crippen molar-refractivity contribution in [3.63, 3.8) is 0 Å². The van der Waals surface area contributed by atoms with Crippen LogP contribution < -0.4 is 4.90 Å². The normalized spacial score (nSPS) is 20.5. The fourth-order valence-electron chi connectivity index (χ4n) is 2.68. The maximum Gasteiger partial charge on any atom is 0.314 e. The lowest BCUT2D eigenvalue weighted by Crippen LogP contribution is -2.31. The number of hydrogen-bond donors (Lipinski definition) is 1. The number of anilines is 1. The summed E-state index contributed by atoms with van der Waals surface area (Å²) in [5.74, 6) is -0.660.